The van der Waals surface area contributed by atoms with Gasteiger partial charge in [-0.25, -0.2) is 0 Å². The lowest BCUT2D eigenvalue weighted by Gasteiger charge is -2.40. The van der Waals surface area contributed by atoms with Gasteiger partial charge in [-0.2, -0.15) is 0 Å². The van der Waals surface area contributed by atoms with Gasteiger partial charge < -0.3 is 59.8 Å². The average Bonchev–Trinajstić information content (AvgIpc) is 2.86. The first-order chi connectivity index (χ1) is 17.5. The number of ether oxygens (including phenoxy) is 4. The molecule has 0 bridgehead atoms. The number of aliphatic carboxylic acids is 1. The molecular weight excluding hydrogens is 496 g/mol. The summed E-state index contributed by atoms with van der Waals surface area (Å²) in [6.45, 7) is 0.445. The maximum absolute atomic E-state index is 10.6. The fourth-order valence-corrected chi connectivity index (χ4v) is 4.03. The van der Waals surface area contributed by atoms with Crippen molar-refractivity contribution >= 4 is 5.97 Å². The molecule has 2 aromatic rings. The molecule has 204 valence electrons. The zero-order chi connectivity index (χ0) is 27.4. The van der Waals surface area contributed by atoms with Gasteiger partial charge in [-0.1, -0.05) is 6.07 Å². The molecule has 13 heteroatoms. The Morgan fingerprint density at radius 1 is 1.03 bits per heavy atom. The molecule has 6 atom stereocenters. The van der Waals surface area contributed by atoms with Gasteiger partial charge in [-0.3, -0.25) is 4.79 Å². The molecule has 2 heterocycles. The summed E-state index contributed by atoms with van der Waals surface area (Å²) in [6, 6.07) is 5.60. The molecule has 13 nitrogen and oxygen atoms in total. The van der Waals surface area contributed by atoms with Gasteiger partial charge in [0.05, 0.1) is 13.7 Å². The number of carbonyl (C=O) groups is 1. The van der Waals surface area contributed by atoms with Crippen LogP contribution < -0.4 is 14.2 Å². The number of fused-ring (bicyclic) bond motifs is 1. The highest BCUT2D eigenvalue weighted by molar-refractivity contribution is 5.63. The molecule has 0 saturated carbocycles. The molecule has 1 saturated heterocycles. The van der Waals surface area contributed by atoms with Crippen molar-refractivity contribution in [1.29, 1.82) is 0 Å². The van der Waals surface area contributed by atoms with Crippen LogP contribution >= 0.6 is 0 Å². The van der Waals surface area contributed by atoms with Crippen molar-refractivity contribution in [1.82, 2.24) is 0 Å². The Morgan fingerprint density at radius 2 is 1.70 bits per heavy atom. The Hall–Kier alpha value is -3.49. The van der Waals surface area contributed by atoms with E-state index in [0.717, 1.165) is 6.92 Å². The van der Waals surface area contributed by atoms with E-state index in [0.29, 0.717) is 29.7 Å². The van der Waals surface area contributed by atoms with E-state index in [-0.39, 0.29) is 23.0 Å². The third kappa shape index (κ3) is 6.09. The average molecular weight is 526 g/mol. The van der Waals surface area contributed by atoms with Gasteiger partial charge in [-0.05, 0) is 30.5 Å². The highest BCUT2D eigenvalue weighted by Crippen LogP contribution is 2.51. The van der Waals surface area contributed by atoms with Crippen molar-refractivity contribution in [2.75, 3.05) is 13.7 Å². The predicted octanol–water partition coefficient (Wildman–Crippen LogP) is 0.148. The van der Waals surface area contributed by atoms with Crippen LogP contribution in [0.25, 0.3) is 0 Å². The van der Waals surface area contributed by atoms with Crippen molar-refractivity contribution in [3.05, 3.63) is 35.4 Å². The van der Waals surface area contributed by atoms with Crippen LogP contribution in [0.5, 0.6) is 34.5 Å². The molecule has 0 spiro atoms. The maximum Gasteiger partial charge on any atom is 0.300 e. The van der Waals surface area contributed by atoms with Gasteiger partial charge in [-0.15, -0.1) is 0 Å². The first kappa shape index (κ1) is 28.1. The molecule has 6 unspecified atom stereocenters. The summed E-state index contributed by atoms with van der Waals surface area (Å²) < 4.78 is 22.5. The van der Waals surface area contributed by atoms with Gasteiger partial charge in [0, 0.05) is 18.6 Å². The zero-order valence-electron chi connectivity index (χ0n) is 20.0. The summed E-state index contributed by atoms with van der Waals surface area (Å²) >= 11 is 0. The standard InChI is InChI=1S/C22H26O11.C2H4O2/c1-30-15-7-13(26)21(33-22-19(29)18(28)17(27)16(8-23)32-22)20-10(15)3-5-14(31-20)9-2-4-11(24)12(25)6-9;1-2(3)4/h2,4,6-7,14,16-19,22-29H,3,5,8H2,1H3;1H3,(H,3,4). The molecule has 0 aliphatic carbocycles. The molecule has 1 fully saturated rings. The minimum Gasteiger partial charge on any atom is -0.504 e. The molecule has 0 aromatic heterocycles. The van der Waals surface area contributed by atoms with Gasteiger partial charge in [0.15, 0.2) is 23.0 Å². The Labute approximate surface area is 211 Å². The smallest absolute Gasteiger partial charge is 0.300 e. The molecule has 2 aliphatic rings. The number of rotatable bonds is 5. The van der Waals surface area contributed by atoms with E-state index in [1.807, 2.05) is 0 Å². The highest BCUT2D eigenvalue weighted by Gasteiger charge is 2.45. The van der Waals surface area contributed by atoms with Crippen LogP contribution in [-0.2, 0) is 16.0 Å². The topological polar surface area (TPSA) is 216 Å². The summed E-state index contributed by atoms with van der Waals surface area (Å²) in [4.78, 5) is 9.00. The molecule has 37 heavy (non-hydrogen) atoms. The summed E-state index contributed by atoms with van der Waals surface area (Å²) in [7, 11) is 1.43. The van der Waals surface area contributed by atoms with E-state index >= 15 is 0 Å². The minimum absolute atomic E-state index is 0.104. The number of aliphatic hydroxyl groups excluding tert-OH is 4. The summed E-state index contributed by atoms with van der Waals surface area (Å²) in [5.41, 5.74) is 1.14. The molecule has 0 radical (unpaired) electrons. The predicted molar refractivity (Wildman–Crippen MR) is 124 cm³/mol. The Balaban J connectivity index is 0.000000886. The monoisotopic (exact) mass is 526 g/mol. The van der Waals surface area contributed by atoms with Crippen molar-refractivity contribution in [3.63, 3.8) is 0 Å². The van der Waals surface area contributed by atoms with Gasteiger partial charge in [0.2, 0.25) is 12.0 Å². The number of hydrogen-bond donors (Lipinski definition) is 8. The lowest BCUT2D eigenvalue weighted by atomic mass is 9.95. The first-order valence-corrected chi connectivity index (χ1v) is 11.3. The third-order valence-electron chi connectivity index (χ3n) is 5.87. The summed E-state index contributed by atoms with van der Waals surface area (Å²) in [5, 5.41) is 77.2. The lowest BCUT2D eigenvalue weighted by Crippen LogP contribution is -2.60. The number of aromatic hydroxyl groups is 3. The van der Waals surface area contributed by atoms with Crippen LogP contribution in [0.4, 0.5) is 0 Å². The van der Waals surface area contributed by atoms with Crippen molar-refractivity contribution in [2.24, 2.45) is 0 Å². The second-order valence-corrected chi connectivity index (χ2v) is 8.46. The lowest BCUT2D eigenvalue weighted by molar-refractivity contribution is -0.277. The maximum atomic E-state index is 10.6. The first-order valence-electron chi connectivity index (χ1n) is 11.3. The number of carboxylic acid groups (broad SMARTS) is 1. The Bertz CT molecular complexity index is 1100. The van der Waals surface area contributed by atoms with Crippen molar-refractivity contribution < 1.29 is 64.6 Å². The van der Waals surface area contributed by atoms with Gasteiger partial charge >= 0.3 is 0 Å². The Morgan fingerprint density at radius 3 is 2.30 bits per heavy atom. The molecule has 2 aliphatic heterocycles. The molecule has 8 N–H and O–H groups in total. The SMILES string of the molecule is CC(=O)O.COc1cc(O)c(OC2OC(CO)C(O)C(O)C2O)c2c1CCC(c1ccc(O)c(O)c1)O2. The van der Waals surface area contributed by atoms with Crippen LogP contribution in [0.1, 0.15) is 30.6 Å². The molecule has 0 amide bonds. The van der Waals surface area contributed by atoms with Gasteiger partial charge in [0.1, 0.15) is 36.3 Å². The largest absolute Gasteiger partial charge is 0.504 e. The molecular formula is C24H30O13. The van der Waals surface area contributed by atoms with Crippen LogP contribution in [0.15, 0.2) is 24.3 Å². The van der Waals surface area contributed by atoms with Crippen LogP contribution in [0.2, 0.25) is 0 Å². The van der Waals surface area contributed by atoms with Crippen molar-refractivity contribution in [2.45, 2.75) is 56.6 Å². The van der Waals surface area contributed by atoms with Crippen LogP contribution in [0, 0.1) is 0 Å². The van der Waals surface area contributed by atoms with Crippen LogP contribution in [-0.4, -0.2) is 91.2 Å². The number of hydrogen-bond acceptors (Lipinski definition) is 12. The highest BCUT2D eigenvalue weighted by atomic mass is 16.7. The van der Waals surface area contributed by atoms with Gasteiger partial charge in [0.25, 0.3) is 5.97 Å². The minimum atomic E-state index is -1.69. The second kappa shape index (κ2) is 11.7. The third-order valence-corrected chi connectivity index (χ3v) is 5.87. The second-order valence-electron chi connectivity index (χ2n) is 8.46. The summed E-state index contributed by atoms with van der Waals surface area (Å²) in [6.07, 6.45) is -7.30. The van der Waals surface area contributed by atoms with E-state index in [1.54, 1.807) is 6.07 Å². The number of phenols is 3. The summed E-state index contributed by atoms with van der Waals surface area (Å²) in [5.74, 6) is -1.56. The quantitative estimate of drug-likeness (QED) is 0.244. The van der Waals surface area contributed by atoms with E-state index in [4.69, 9.17) is 28.8 Å². The number of benzene rings is 2. The molecule has 2 aromatic carbocycles. The zero-order valence-corrected chi connectivity index (χ0v) is 20.0. The number of carboxylic acids is 1. The fraction of sp³-hybridized carbons (Fsp3) is 0.458. The van der Waals surface area contributed by atoms with E-state index in [9.17, 15) is 35.7 Å². The molecule has 4 rings (SSSR count). The van der Waals surface area contributed by atoms with Crippen molar-refractivity contribution in [3.8, 4) is 34.5 Å². The number of aliphatic hydroxyl groups is 4. The van der Waals surface area contributed by atoms with E-state index < -0.39 is 55.1 Å². The normalized spacial score (nSPS) is 26.6. The van der Waals surface area contributed by atoms with Crippen LogP contribution in [0.3, 0.4) is 0 Å². The van der Waals surface area contributed by atoms with E-state index in [2.05, 4.69) is 0 Å². The number of phenolic OH excluding ortho intramolecular Hbond substituents is 3. The fourth-order valence-electron chi connectivity index (χ4n) is 4.03. The Kier molecular flexibility index (Phi) is 8.89. The number of methoxy groups -OCH3 is 1. The van der Waals surface area contributed by atoms with E-state index in [1.165, 1.54) is 25.3 Å².